The van der Waals surface area contributed by atoms with E-state index in [1.54, 1.807) is 25.1 Å². The fourth-order valence-electron chi connectivity index (χ4n) is 1.15. The first-order valence-electron chi connectivity index (χ1n) is 4.38. The van der Waals surface area contributed by atoms with Crippen LogP contribution < -0.4 is 0 Å². The highest BCUT2D eigenvalue weighted by Gasteiger charge is 2.16. The molecule has 0 amide bonds. The Kier molecular flexibility index (Phi) is 4.47. The van der Waals surface area contributed by atoms with Crippen LogP contribution in [-0.2, 0) is 15.6 Å². The Morgan fingerprint density at radius 1 is 1.60 bits per heavy atom. The van der Waals surface area contributed by atoms with Gasteiger partial charge >= 0.3 is 5.97 Å². The molecule has 1 aromatic carbocycles. The van der Waals surface area contributed by atoms with Gasteiger partial charge in [0.25, 0.3) is 0 Å². The number of halogens is 1. The second-order valence-corrected chi connectivity index (χ2v) is 5.95. The SMILES string of the molecule is CC(CC(=O)O)S(=O)c1cccc(Br)c1. The number of hydrogen-bond acceptors (Lipinski definition) is 2. The number of carboxylic acid groups (broad SMARTS) is 1. The minimum atomic E-state index is -1.27. The molecule has 1 N–H and O–H groups in total. The van der Waals surface area contributed by atoms with Crippen molar-refractivity contribution in [3.05, 3.63) is 28.7 Å². The molecule has 5 heteroatoms. The first-order valence-corrected chi connectivity index (χ1v) is 6.39. The van der Waals surface area contributed by atoms with E-state index >= 15 is 0 Å². The second-order valence-electron chi connectivity index (χ2n) is 3.16. The maximum Gasteiger partial charge on any atom is 0.304 e. The molecule has 0 aromatic heterocycles. The fraction of sp³-hybridized carbons (Fsp3) is 0.300. The molecular weight excluding hydrogens is 280 g/mol. The van der Waals surface area contributed by atoms with Crippen LogP contribution in [0.1, 0.15) is 13.3 Å². The third-order valence-corrected chi connectivity index (χ3v) is 3.97. The molecule has 2 unspecified atom stereocenters. The summed E-state index contributed by atoms with van der Waals surface area (Å²) in [5.74, 6) is -0.925. The summed E-state index contributed by atoms with van der Waals surface area (Å²) in [5.41, 5.74) is 0. The Morgan fingerprint density at radius 2 is 2.27 bits per heavy atom. The third-order valence-electron chi connectivity index (χ3n) is 1.86. The van der Waals surface area contributed by atoms with Crippen LogP contribution in [-0.4, -0.2) is 20.5 Å². The lowest BCUT2D eigenvalue weighted by Gasteiger charge is -2.08. The lowest BCUT2D eigenvalue weighted by Crippen LogP contribution is -2.15. The van der Waals surface area contributed by atoms with E-state index in [0.717, 1.165) is 4.47 Å². The van der Waals surface area contributed by atoms with Crippen molar-refractivity contribution in [3.63, 3.8) is 0 Å². The van der Waals surface area contributed by atoms with Crippen molar-refractivity contribution in [3.8, 4) is 0 Å². The summed E-state index contributed by atoms with van der Waals surface area (Å²) in [4.78, 5) is 11.1. The molecule has 0 spiro atoms. The lowest BCUT2D eigenvalue weighted by atomic mass is 10.3. The van der Waals surface area contributed by atoms with Crippen LogP contribution >= 0.6 is 15.9 Å². The lowest BCUT2D eigenvalue weighted by molar-refractivity contribution is -0.136. The van der Waals surface area contributed by atoms with Gasteiger partial charge in [-0.1, -0.05) is 22.0 Å². The Bertz CT molecular complexity index is 392. The zero-order valence-corrected chi connectivity index (χ0v) is 10.5. The molecule has 1 aromatic rings. The van der Waals surface area contributed by atoms with E-state index in [0.29, 0.717) is 4.90 Å². The molecule has 0 bridgehead atoms. The smallest absolute Gasteiger partial charge is 0.304 e. The summed E-state index contributed by atoms with van der Waals surface area (Å²) >= 11 is 3.28. The summed E-state index contributed by atoms with van der Waals surface area (Å²) in [7, 11) is -1.27. The number of benzene rings is 1. The average Bonchev–Trinajstić information content (AvgIpc) is 2.15. The molecule has 15 heavy (non-hydrogen) atoms. The van der Waals surface area contributed by atoms with E-state index < -0.39 is 16.8 Å². The Labute approximate surface area is 99.1 Å². The van der Waals surface area contributed by atoms with Crippen molar-refractivity contribution in [2.24, 2.45) is 0 Å². The average molecular weight is 291 g/mol. The first-order chi connectivity index (χ1) is 7.00. The first kappa shape index (κ1) is 12.4. The highest BCUT2D eigenvalue weighted by molar-refractivity contribution is 9.10. The molecule has 2 atom stereocenters. The Hall–Kier alpha value is -0.680. The molecule has 0 aliphatic heterocycles. The predicted octanol–water partition coefficient (Wildman–Crippen LogP) is 2.42. The molecule has 0 heterocycles. The molecule has 1 rings (SSSR count). The molecule has 0 saturated heterocycles. The molecule has 0 aliphatic rings. The van der Waals surface area contributed by atoms with Gasteiger partial charge in [0.05, 0.1) is 17.2 Å². The number of rotatable bonds is 4. The summed E-state index contributed by atoms with van der Waals surface area (Å²) in [5, 5.41) is 8.21. The van der Waals surface area contributed by atoms with Crippen molar-refractivity contribution in [2.45, 2.75) is 23.5 Å². The summed E-state index contributed by atoms with van der Waals surface area (Å²) in [6, 6.07) is 7.10. The molecule has 0 radical (unpaired) electrons. The van der Waals surface area contributed by atoms with Crippen LogP contribution in [0.2, 0.25) is 0 Å². The molecule has 82 valence electrons. The monoisotopic (exact) mass is 290 g/mol. The van der Waals surface area contributed by atoms with Crippen molar-refractivity contribution < 1.29 is 14.1 Å². The van der Waals surface area contributed by atoms with E-state index in [1.165, 1.54) is 0 Å². The Morgan fingerprint density at radius 3 is 2.80 bits per heavy atom. The minimum absolute atomic E-state index is 0.0842. The number of hydrogen-bond donors (Lipinski definition) is 1. The number of carbonyl (C=O) groups is 1. The summed E-state index contributed by atoms with van der Waals surface area (Å²) < 4.78 is 12.7. The van der Waals surface area contributed by atoms with Crippen molar-refractivity contribution in [1.82, 2.24) is 0 Å². The highest BCUT2D eigenvalue weighted by Crippen LogP contribution is 2.18. The standard InChI is InChI=1S/C10H11BrO3S/c1-7(5-10(12)13)15(14)9-4-2-3-8(11)6-9/h2-4,6-7H,5H2,1H3,(H,12,13). The highest BCUT2D eigenvalue weighted by atomic mass is 79.9. The van der Waals surface area contributed by atoms with Gasteiger partial charge in [0.15, 0.2) is 0 Å². The molecule has 0 saturated carbocycles. The van der Waals surface area contributed by atoms with Gasteiger partial charge in [0.2, 0.25) is 0 Å². The van der Waals surface area contributed by atoms with Crippen LogP contribution in [0.15, 0.2) is 33.6 Å². The van der Waals surface area contributed by atoms with E-state index in [-0.39, 0.29) is 11.7 Å². The zero-order chi connectivity index (χ0) is 11.4. The van der Waals surface area contributed by atoms with Gasteiger partial charge in [0, 0.05) is 14.6 Å². The quantitative estimate of drug-likeness (QED) is 0.927. The van der Waals surface area contributed by atoms with Gasteiger partial charge in [-0.3, -0.25) is 9.00 Å². The molecule has 0 aliphatic carbocycles. The number of aliphatic carboxylic acids is 1. The van der Waals surface area contributed by atoms with E-state index in [4.69, 9.17) is 5.11 Å². The van der Waals surface area contributed by atoms with E-state index in [2.05, 4.69) is 15.9 Å². The van der Waals surface area contributed by atoms with Crippen LogP contribution in [0.4, 0.5) is 0 Å². The van der Waals surface area contributed by atoms with Crippen molar-refractivity contribution in [1.29, 1.82) is 0 Å². The van der Waals surface area contributed by atoms with Gasteiger partial charge in [0.1, 0.15) is 0 Å². The maximum atomic E-state index is 11.9. The van der Waals surface area contributed by atoms with Gasteiger partial charge in [-0.05, 0) is 25.1 Å². The molecular formula is C10H11BrO3S. The Balaban J connectivity index is 2.80. The van der Waals surface area contributed by atoms with Crippen molar-refractivity contribution in [2.75, 3.05) is 0 Å². The van der Waals surface area contributed by atoms with Crippen LogP contribution in [0.3, 0.4) is 0 Å². The topological polar surface area (TPSA) is 54.4 Å². The minimum Gasteiger partial charge on any atom is -0.481 e. The zero-order valence-electron chi connectivity index (χ0n) is 8.14. The van der Waals surface area contributed by atoms with Gasteiger partial charge in [-0.15, -0.1) is 0 Å². The maximum absolute atomic E-state index is 11.9. The van der Waals surface area contributed by atoms with Crippen LogP contribution in [0, 0.1) is 0 Å². The molecule has 3 nitrogen and oxygen atoms in total. The predicted molar refractivity (Wildman–Crippen MR) is 62.3 cm³/mol. The third kappa shape index (κ3) is 3.76. The van der Waals surface area contributed by atoms with Gasteiger partial charge in [-0.2, -0.15) is 0 Å². The van der Waals surface area contributed by atoms with E-state index in [9.17, 15) is 9.00 Å². The normalized spacial score (nSPS) is 14.5. The van der Waals surface area contributed by atoms with Gasteiger partial charge in [-0.25, -0.2) is 0 Å². The summed E-state index contributed by atoms with van der Waals surface area (Å²) in [6.07, 6.45) is -0.0842. The van der Waals surface area contributed by atoms with E-state index in [1.807, 2.05) is 6.07 Å². The summed E-state index contributed by atoms with van der Waals surface area (Å²) in [6.45, 7) is 1.67. The fourth-order valence-corrected chi connectivity index (χ4v) is 2.91. The largest absolute Gasteiger partial charge is 0.481 e. The molecule has 0 fully saturated rings. The van der Waals surface area contributed by atoms with Crippen molar-refractivity contribution >= 4 is 32.7 Å². The number of carboxylic acids is 1. The van der Waals surface area contributed by atoms with Crippen LogP contribution in [0.5, 0.6) is 0 Å². The van der Waals surface area contributed by atoms with Crippen LogP contribution in [0.25, 0.3) is 0 Å². The second kappa shape index (κ2) is 5.42. The van der Waals surface area contributed by atoms with Gasteiger partial charge < -0.3 is 5.11 Å².